The van der Waals surface area contributed by atoms with Crippen molar-refractivity contribution in [2.75, 3.05) is 13.6 Å². The maximum Gasteiger partial charge on any atom is 0.255 e. The molecule has 1 saturated carbocycles. The van der Waals surface area contributed by atoms with Gasteiger partial charge in [0.15, 0.2) is 0 Å². The van der Waals surface area contributed by atoms with Gasteiger partial charge in [0.25, 0.3) is 5.91 Å². The van der Waals surface area contributed by atoms with Gasteiger partial charge in [0.2, 0.25) is 0 Å². The largest absolute Gasteiger partial charge is 0.339 e. The van der Waals surface area contributed by atoms with Crippen LogP contribution in [-0.4, -0.2) is 41.5 Å². The van der Waals surface area contributed by atoms with E-state index in [1.54, 1.807) is 6.20 Å². The zero-order chi connectivity index (χ0) is 14.5. The lowest BCUT2D eigenvalue weighted by atomic mass is 9.90. The minimum atomic E-state index is 0.0995. The van der Waals surface area contributed by atoms with Crippen LogP contribution in [0.3, 0.4) is 0 Å². The summed E-state index contributed by atoms with van der Waals surface area (Å²) >= 11 is 0. The summed E-state index contributed by atoms with van der Waals surface area (Å²) in [7, 11) is 1.92. The minimum absolute atomic E-state index is 0.0995. The van der Waals surface area contributed by atoms with Gasteiger partial charge in [0, 0.05) is 31.0 Å². The molecule has 0 unspecified atom stereocenters. The summed E-state index contributed by atoms with van der Waals surface area (Å²) in [5.74, 6) is 0.0995. The predicted octanol–water partition coefficient (Wildman–Crippen LogP) is 2.38. The lowest BCUT2D eigenvalue weighted by molar-refractivity contribution is 0.0683. The molecule has 0 spiro atoms. The number of aromatic nitrogens is 1. The van der Waals surface area contributed by atoms with E-state index in [-0.39, 0.29) is 5.91 Å². The molecule has 0 aromatic carbocycles. The molecule has 1 aliphatic carbocycles. The first kappa shape index (κ1) is 15.0. The van der Waals surface area contributed by atoms with E-state index in [0.29, 0.717) is 12.1 Å². The highest BCUT2D eigenvalue weighted by molar-refractivity contribution is 5.95. The average molecular weight is 275 g/mol. The summed E-state index contributed by atoms with van der Waals surface area (Å²) in [5, 5.41) is 3.50. The van der Waals surface area contributed by atoms with Gasteiger partial charge in [-0.15, -0.1) is 0 Å². The van der Waals surface area contributed by atoms with Crippen molar-refractivity contribution in [1.82, 2.24) is 15.2 Å². The van der Waals surface area contributed by atoms with Crippen molar-refractivity contribution in [3.05, 3.63) is 29.6 Å². The van der Waals surface area contributed by atoms with Gasteiger partial charge in [-0.05, 0) is 51.3 Å². The molecule has 0 atom stereocenters. The van der Waals surface area contributed by atoms with Crippen LogP contribution in [0, 0.1) is 6.92 Å². The van der Waals surface area contributed by atoms with Gasteiger partial charge in [0.1, 0.15) is 0 Å². The fourth-order valence-electron chi connectivity index (χ4n) is 3.02. The molecule has 1 aliphatic rings. The third-order valence-electron chi connectivity index (χ3n) is 4.29. The van der Waals surface area contributed by atoms with Crippen LogP contribution in [0.1, 0.15) is 48.7 Å². The van der Waals surface area contributed by atoms with Crippen molar-refractivity contribution in [3.63, 3.8) is 0 Å². The first-order valence-corrected chi connectivity index (χ1v) is 7.55. The number of carbonyl (C=O) groups excluding carboxylic acids is 1. The zero-order valence-electron chi connectivity index (χ0n) is 12.7. The Balaban J connectivity index is 1.97. The molecule has 4 nitrogen and oxygen atoms in total. The fourth-order valence-corrected chi connectivity index (χ4v) is 3.02. The van der Waals surface area contributed by atoms with Crippen molar-refractivity contribution in [1.29, 1.82) is 0 Å². The Morgan fingerprint density at radius 1 is 1.40 bits per heavy atom. The Labute approximate surface area is 121 Å². The minimum Gasteiger partial charge on any atom is -0.339 e. The van der Waals surface area contributed by atoms with Crippen molar-refractivity contribution >= 4 is 5.91 Å². The summed E-state index contributed by atoms with van der Waals surface area (Å²) in [6.07, 6.45) is 6.20. The molecule has 1 amide bonds. The molecule has 1 heterocycles. The van der Waals surface area contributed by atoms with Crippen LogP contribution in [0.15, 0.2) is 18.3 Å². The number of nitrogens with zero attached hydrogens (tertiary/aromatic N) is 2. The number of hydrogen-bond acceptors (Lipinski definition) is 3. The Morgan fingerprint density at radius 3 is 2.70 bits per heavy atom. The van der Waals surface area contributed by atoms with Gasteiger partial charge in [-0.2, -0.15) is 0 Å². The molecule has 0 aliphatic heterocycles. The van der Waals surface area contributed by atoms with Crippen LogP contribution in [0.4, 0.5) is 0 Å². The first-order chi connectivity index (χ1) is 9.63. The summed E-state index contributed by atoms with van der Waals surface area (Å²) in [6.45, 7) is 5.06. The number of carbonyl (C=O) groups is 1. The Morgan fingerprint density at radius 2 is 2.10 bits per heavy atom. The summed E-state index contributed by atoms with van der Waals surface area (Å²) < 4.78 is 0. The van der Waals surface area contributed by atoms with Gasteiger partial charge >= 0.3 is 0 Å². The lowest BCUT2D eigenvalue weighted by Crippen LogP contribution is -2.43. The normalized spacial score (nSPS) is 22.6. The van der Waals surface area contributed by atoms with Crippen molar-refractivity contribution in [3.8, 4) is 0 Å². The number of hydrogen-bond donors (Lipinski definition) is 1. The van der Waals surface area contributed by atoms with E-state index in [4.69, 9.17) is 0 Å². The highest BCUT2D eigenvalue weighted by atomic mass is 16.2. The predicted molar refractivity (Wildman–Crippen MR) is 80.8 cm³/mol. The molecule has 0 saturated heterocycles. The standard InChI is InChI=1S/C16H25N3O/c1-4-17-13-7-9-14(10-8-13)19(3)16(20)15-6-5-11-18-12(15)2/h5-6,11,13-14,17H,4,7-10H2,1-3H3. The molecule has 110 valence electrons. The van der Waals surface area contributed by atoms with E-state index in [0.717, 1.165) is 43.5 Å². The number of pyridine rings is 1. The van der Waals surface area contributed by atoms with Gasteiger partial charge < -0.3 is 10.2 Å². The van der Waals surface area contributed by atoms with Crippen LogP contribution in [0.25, 0.3) is 0 Å². The second kappa shape index (κ2) is 6.84. The second-order valence-electron chi connectivity index (χ2n) is 5.62. The summed E-state index contributed by atoms with van der Waals surface area (Å²) in [6, 6.07) is 4.68. The van der Waals surface area contributed by atoms with Gasteiger partial charge in [-0.3, -0.25) is 9.78 Å². The maximum atomic E-state index is 12.5. The molecule has 20 heavy (non-hydrogen) atoms. The molecule has 1 fully saturated rings. The highest BCUT2D eigenvalue weighted by Gasteiger charge is 2.27. The summed E-state index contributed by atoms with van der Waals surface area (Å²) in [4.78, 5) is 18.7. The van der Waals surface area contributed by atoms with Crippen LogP contribution >= 0.6 is 0 Å². The second-order valence-corrected chi connectivity index (χ2v) is 5.62. The fraction of sp³-hybridized carbons (Fsp3) is 0.625. The first-order valence-electron chi connectivity index (χ1n) is 7.55. The number of nitrogens with one attached hydrogen (secondary N) is 1. The molecule has 2 rings (SSSR count). The number of aryl methyl sites for hydroxylation is 1. The summed E-state index contributed by atoms with van der Waals surface area (Å²) in [5.41, 5.74) is 1.54. The van der Waals surface area contributed by atoms with Crippen molar-refractivity contribution in [2.24, 2.45) is 0 Å². The van der Waals surface area contributed by atoms with E-state index < -0.39 is 0 Å². The maximum absolute atomic E-state index is 12.5. The Kier molecular flexibility index (Phi) is 5.12. The van der Waals surface area contributed by atoms with Crippen molar-refractivity contribution in [2.45, 2.75) is 51.6 Å². The molecule has 4 heteroatoms. The van der Waals surface area contributed by atoms with Crippen LogP contribution in [-0.2, 0) is 0 Å². The molecule has 0 radical (unpaired) electrons. The van der Waals surface area contributed by atoms with Gasteiger partial charge in [0.05, 0.1) is 5.56 Å². The van der Waals surface area contributed by atoms with Crippen LogP contribution < -0.4 is 5.32 Å². The molecule has 1 N–H and O–H groups in total. The highest BCUT2D eigenvalue weighted by Crippen LogP contribution is 2.23. The van der Waals surface area contributed by atoms with E-state index in [2.05, 4.69) is 17.2 Å². The van der Waals surface area contributed by atoms with E-state index >= 15 is 0 Å². The molecular weight excluding hydrogens is 250 g/mol. The zero-order valence-corrected chi connectivity index (χ0v) is 12.7. The van der Waals surface area contributed by atoms with E-state index in [1.807, 2.05) is 31.0 Å². The third-order valence-corrected chi connectivity index (χ3v) is 4.29. The Hall–Kier alpha value is -1.42. The SMILES string of the molecule is CCNC1CCC(N(C)C(=O)c2cccnc2C)CC1. The lowest BCUT2D eigenvalue weighted by Gasteiger charge is -2.35. The molecular formula is C16H25N3O. The van der Waals surface area contributed by atoms with E-state index in [9.17, 15) is 4.79 Å². The smallest absolute Gasteiger partial charge is 0.255 e. The monoisotopic (exact) mass is 275 g/mol. The Bertz CT molecular complexity index is 453. The third kappa shape index (κ3) is 3.37. The van der Waals surface area contributed by atoms with Gasteiger partial charge in [-0.1, -0.05) is 6.92 Å². The molecule has 0 bridgehead atoms. The van der Waals surface area contributed by atoms with Crippen LogP contribution in [0.2, 0.25) is 0 Å². The molecule has 1 aromatic heterocycles. The number of amides is 1. The van der Waals surface area contributed by atoms with Gasteiger partial charge in [-0.25, -0.2) is 0 Å². The topological polar surface area (TPSA) is 45.2 Å². The van der Waals surface area contributed by atoms with Crippen LogP contribution in [0.5, 0.6) is 0 Å². The van der Waals surface area contributed by atoms with Crippen molar-refractivity contribution < 1.29 is 4.79 Å². The van der Waals surface area contributed by atoms with E-state index in [1.165, 1.54) is 0 Å². The average Bonchev–Trinajstić information content (AvgIpc) is 2.47. The number of rotatable bonds is 4. The molecule has 1 aromatic rings. The quantitative estimate of drug-likeness (QED) is 0.917.